The Morgan fingerprint density at radius 2 is 1.83 bits per heavy atom. The van der Waals surface area contributed by atoms with Gasteiger partial charge in [0.1, 0.15) is 11.5 Å². The van der Waals surface area contributed by atoms with Gasteiger partial charge in [-0.15, -0.1) is 0 Å². The van der Waals surface area contributed by atoms with Crippen molar-refractivity contribution < 1.29 is 14.3 Å². The van der Waals surface area contributed by atoms with Crippen LogP contribution in [0.1, 0.15) is 58.8 Å². The Kier molecular flexibility index (Phi) is 6.66. The summed E-state index contributed by atoms with van der Waals surface area (Å²) in [4.78, 5) is 12.4. The summed E-state index contributed by atoms with van der Waals surface area (Å²) in [5.41, 5.74) is -0.230. The molecule has 1 aliphatic carbocycles. The summed E-state index contributed by atoms with van der Waals surface area (Å²) in [5.74, 6) is 1.04. The number of hydrogen-bond donors (Lipinski definition) is 0. The van der Waals surface area contributed by atoms with E-state index in [0.717, 1.165) is 50.7 Å². The number of esters is 1. The van der Waals surface area contributed by atoms with Crippen LogP contribution in [0.4, 0.5) is 0 Å². The molecule has 4 nitrogen and oxygen atoms in total. The van der Waals surface area contributed by atoms with Gasteiger partial charge in [0.25, 0.3) is 0 Å². The first-order valence-electron chi connectivity index (χ1n) is 8.98. The molecule has 0 spiro atoms. The van der Waals surface area contributed by atoms with Crippen molar-refractivity contribution in [1.29, 1.82) is 5.26 Å². The molecule has 1 aromatic rings. The molecule has 0 aliphatic heterocycles. The van der Waals surface area contributed by atoms with Gasteiger partial charge in [0, 0.05) is 0 Å². The topological polar surface area (TPSA) is 59.3 Å². The van der Waals surface area contributed by atoms with E-state index in [-0.39, 0.29) is 17.3 Å². The highest BCUT2D eigenvalue weighted by Gasteiger charge is 2.37. The Hall–Kier alpha value is -2.02. The molecule has 4 heteroatoms. The van der Waals surface area contributed by atoms with E-state index in [4.69, 9.17) is 9.47 Å². The van der Waals surface area contributed by atoms with E-state index in [0.29, 0.717) is 12.4 Å². The van der Waals surface area contributed by atoms with Gasteiger partial charge in [0.05, 0.1) is 24.0 Å². The number of unbranched alkanes of at least 4 members (excludes halogenated alkanes) is 1. The van der Waals surface area contributed by atoms with Gasteiger partial charge in [-0.2, -0.15) is 5.26 Å². The molecule has 0 bridgehead atoms. The average molecular weight is 329 g/mol. The zero-order valence-corrected chi connectivity index (χ0v) is 14.7. The molecule has 1 aromatic carbocycles. The van der Waals surface area contributed by atoms with Crippen LogP contribution in [0.15, 0.2) is 24.3 Å². The molecule has 0 unspecified atom stereocenters. The number of benzene rings is 1. The largest absolute Gasteiger partial charge is 0.494 e. The number of carbonyl (C=O) groups excluding carboxylic acids is 1. The lowest BCUT2D eigenvalue weighted by Crippen LogP contribution is -2.31. The molecular formula is C20H27NO3. The molecule has 0 aromatic heterocycles. The van der Waals surface area contributed by atoms with Gasteiger partial charge < -0.3 is 9.47 Å². The monoisotopic (exact) mass is 329 g/mol. The molecule has 1 saturated carbocycles. The van der Waals surface area contributed by atoms with Crippen LogP contribution in [0, 0.1) is 22.7 Å². The normalized spacial score (nSPS) is 23.3. The Balaban J connectivity index is 1.87. The second-order valence-corrected chi connectivity index (χ2v) is 6.60. The molecule has 0 atom stereocenters. The number of nitriles is 1. The maximum atomic E-state index is 12.4. The number of nitrogens with zero attached hydrogens (tertiary/aromatic N) is 1. The highest BCUT2D eigenvalue weighted by molar-refractivity contribution is 5.75. The lowest BCUT2D eigenvalue weighted by Gasteiger charge is -2.34. The predicted molar refractivity (Wildman–Crippen MR) is 92.8 cm³/mol. The predicted octanol–water partition coefficient (Wildman–Crippen LogP) is 4.88. The average Bonchev–Trinajstić information content (AvgIpc) is 2.62. The minimum Gasteiger partial charge on any atom is -0.494 e. The van der Waals surface area contributed by atoms with Gasteiger partial charge in [-0.25, -0.2) is 0 Å². The minimum atomic E-state index is -0.230. The summed E-state index contributed by atoms with van der Waals surface area (Å²) in [6.07, 6.45) is 6.21. The second-order valence-electron chi connectivity index (χ2n) is 6.60. The fraction of sp³-hybridized carbons (Fsp3) is 0.600. The summed E-state index contributed by atoms with van der Waals surface area (Å²) in [7, 11) is 0. The SMILES string of the molecule is CCCC[C@]1(C#N)CC[C@H](C(=O)Oc2ccc(OCC)cc2)CC1. The van der Waals surface area contributed by atoms with Crippen molar-refractivity contribution in [2.24, 2.45) is 11.3 Å². The van der Waals surface area contributed by atoms with E-state index in [1.807, 2.05) is 6.92 Å². The van der Waals surface area contributed by atoms with Crippen LogP contribution in [0.5, 0.6) is 11.5 Å². The lowest BCUT2D eigenvalue weighted by molar-refractivity contribution is -0.140. The summed E-state index contributed by atoms with van der Waals surface area (Å²) in [5, 5.41) is 9.52. The van der Waals surface area contributed by atoms with E-state index in [1.54, 1.807) is 24.3 Å². The smallest absolute Gasteiger partial charge is 0.314 e. The van der Waals surface area contributed by atoms with Crippen LogP contribution >= 0.6 is 0 Å². The Bertz CT molecular complexity index is 566. The lowest BCUT2D eigenvalue weighted by atomic mass is 9.69. The van der Waals surface area contributed by atoms with Crippen molar-refractivity contribution in [3.05, 3.63) is 24.3 Å². The maximum Gasteiger partial charge on any atom is 0.314 e. The third-order valence-electron chi connectivity index (χ3n) is 4.88. The van der Waals surface area contributed by atoms with Gasteiger partial charge in [-0.3, -0.25) is 4.79 Å². The summed E-state index contributed by atoms with van der Waals surface area (Å²) in [6, 6.07) is 9.63. The summed E-state index contributed by atoms with van der Waals surface area (Å²) in [6.45, 7) is 4.68. The molecule has 0 amide bonds. The van der Waals surface area contributed by atoms with Crippen molar-refractivity contribution in [3.8, 4) is 17.6 Å². The van der Waals surface area contributed by atoms with Crippen molar-refractivity contribution in [3.63, 3.8) is 0 Å². The first-order valence-corrected chi connectivity index (χ1v) is 8.98. The highest BCUT2D eigenvalue weighted by Crippen LogP contribution is 2.42. The molecule has 0 N–H and O–H groups in total. The summed E-state index contributed by atoms with van der Waals surface area (Å²) < 4.78 is 10.9. The number of rotatable bonds is 7. The van der Waals surface area contributed by atoms with E-state index >= 15 is 0 Å². The van der Waals surface area contributed by atoms with Gasteiger partial charge in [-0.1, -0.05) is 19.8 Å². The standard InChI is InChI=1S/C20H27NO3/c1-3-5-12-20(15-21)13-10-16(11-14-20)19(22)24-18-8-6-17(7-9-18)23-4-2/h6-9,16H,3-5,10-14H2,1-2H3/t16-,20-. The van der Waals surface area contributed by atoms with Crippen LogP contribution in [-0.2, 0) is 4.79 Å². The summed E-state index contributed by atoms with van der Waals surface area (Å²) >= 11 is 0. The van der Waals surface area contributed by atoms with Crippen LogP contribution < -0.4 is 9.47 Å². The van der Waals surface area contributed by atoms with Crippen molar-refractivity contribution in [2.75, 3.05) is 6.61 Å². The van der Waals surface area contributed by atoms with E-state index in [1.165, 1.54) is 0 Å². The van der Waals surface area contributed by atoms with Crippen LogP contribution in [0.25, 0.3) is 0 Å². The van der Waals surface area contributed by atoms with Crippen molar-refractivity contribution in [1.82, 2.24) is 0 Å². The third kappa shape index (κ3) is 4.74. The van der Waals surface area contributed by atoms with Crippen molar-refractivity contribution in [2.45, 2.75) is 58.8 Å². The molecule has 130 valence electrons. The fourth-order valence-corrected chi connectivity index (χ4v) is 3.31. The molecule has 1 aliphatic rings. The fourth-order valence-electron chi connectivity index (χ4n) is 3.31. The molecule has 0 saturated heterocycles. The first-order chi connectivity index (χ1) is 11.6. The maximum absolute atomic E-state index is 12.4. The Labute approximate surface area is 144 Å². The van der Waals surface area contributed by atoms with Gasteiger partial charge >= 0.3 is 5.97 Å². The van der Waals surface area contributed by atoms with E-state index in [2.05, 4.69) is 13.0 Å². The first kappa shape index (κ1) is 18.3. The van der Waals surface area contributed by atoms with Gasteiger partial charge in [-0.05, 0) is 63.3 Å². The molecule has 0 heterocycles. The second kappa shape index (κ2) is 8.73. The van der Waals surface area contributed by atoms with Crippen LogP contribution in [-0.4, -0.2) is 12.6 Å². The molecule has 2 rings (SSSR count). The third-order valence-corrected chi connectivity index (χ3v) is 4.88. The quantitative estimate of drug-likeness (QED) is 0.528. The van der Waals surface area contributed by atoms with E-state index < -0.39 is 0 Å². The number of ether oxygens (including phenoxy) is 2. The van der Waals surface area contributed by atoms with Crippen molar-refractivity contribution >= 4 is 5.97 Å². The Morgan fingerprint density at radius 3 is 2.38 bits per heavy atom. The minimum absolute atomic E-state index is 0.0975. The molecule has 1 fully saturated rings. The van der Waals surface area contributed by atoms with Gasteiger partial charge in [0.2, 0.25) is 0 Å². The van der Waals surface area contributed by atoms with Crippen LogP contribution in [0.3, 0.4) is 0 Å². The highest BCUT2D eigenvalue weighted by atomic mass is 16.5. The molecule has 24 heavy (non-hydrogen) atoms. The Morgan fingerprint density at radius 1 is 1.21 bits per heavy atom. The van der Waals surface area contributed by atoms with E-state index in [9.17, 15) is 10.1 Å². The zero-order chi connectivity index (χ0) is 17.4. The zero-order valence-electron chi connectivity index (χ0n) is 14.7. The van der Waals surface area contributed by atoms with Gasteiger partial charge in [0.15, 0.2) is 0 Å². The van der Waals surface area contributed by atoms with Crippen LogP contribution in [0.2, 0.25) is 0 Å². The number of hydrogen-bond acceptors (Lipinski definition) is 4. The number of carbonyl (C=O) groups is 1. The molecule has 0 radical (unpaired) electrons. The molecular weight excluding hydrogens is 302 g/mol.